The van der Waals surface area contributed by atoms with Crippen LogP contribution in [0.2, 0.25) is 0 Å². The molecule has 0 unspecified atom stereocenters. The lowest BCUT2D eigenvalue weighted by molar-refractivity contribution is -0.118. The average molecular weight is 347 g/mol. The number of hydrogen-bond donors (Lipinski definition) is 0. The van der Waals surface area contributed by atoms with Gasteiger partial charge in [-0.1, -0.05) is 42.5 Å². The standard InChI is InChI=1S/C22H18FNO2/c23-17-9-11-18(12-10-17)26-14-13-24-21-8-4-3-7-20(21)19-6-2-1-5-16(19)15-22(24)25/h1-12H,13-15H2. The Labute approximate surface area is 151 Å². The second kappa shape index (κ2) is 7.00. The average Bonchev–Trinajstić information content (AvgIpc) is 2.78. The van der Waals surface area contributed by atoms with Crippen molar-refractivity contribution in [2.75, 3.05) is 18.1 Å². The summed E-state index contributed by atoms with van der Waals surface area (Å²) in [5, 5.41) is 0. The third-order valence-electron chi connectivity index (χ3n) is 4.54. The highest BCUT2D eigenvalue weighted by molar-refractivity contribution is 6.02. The lowest BCUT2D eigenvalue weighted by atomic mass is 9.98. The molecule has 0 saturated heterocycles. The summed E-state index contributed by atoms with van der Waals surface area (Å²) in [5.74, 6) is 0.335. The first kappa shape index (κ1) is 16.3. The molecule has 0 bridgehead atoms. The Bertz CT molecular complexity index is 937. The number of ether oxygens (including phenoxy) is 1. The summed E-state index contributed by atoms with van der Waals surface area (Å²) in [5.41, 5.74) is 4.08. The Morgan fingerprint density at radius 2 is 1.58 bits per heavy atom. The van der Waals surface area contributed by atoms with Crippen LogP contribution in [0.1, 0.15) is 5.56 Å². The zero-order valence-electron chi connectivity index (χ0n) is 14.2. The molecular weight excluding hydrogens is 329 g/mol. The molecule has 1 amide bonds. The molecule has 0 atom stereocenters. The van der Waals surface area contributed by atoms with Crippen molar-refractivity contribution in [3.8, 4) is 16.9 Å². The maximum atomic E-state index is 13.0. The lowest BCUT2D eigenvalue weighted by Crippen LogP contribution is -2.35. The second-order valence-corrected chi connectivity index (χ2v) is 6.20. The zero-order valence-corrected chi connectivity index (χ0v) is 14.2. The summed E-state index contributed by atoms with van der Waals surface area (Å²) in [4.78, 5) is 14.6. The summed E-state index contributed by atoms with van der Waals surface area (Å²) in [6, 6.07) is 21.8. The fourth-order valence-corrected chi connectivity index (χ4v) is 3.30. The van der Waals surface area contributed by atoms with Gasteiger partial charge in [-0.05, 0) is 41.5 Å². The Morgan fingerprint density at radius 1 is 0.885 bits per heavy atom. The van der Waals surface area contributed by atoms with E-state index in [1.54, 1.807) is 17.0 Å². The van der Waals surface area contributed by atoms with Crippen molar-refractivity contribution in [2.24, 2.45) is 0 Å². The van der Waals surface area contributed by atoms with Crippen LogP contribution in [0.25, 0.3) is 11.1 Å². The summed E-state index contributed by atoms with van der Waals surface area (Å²) in [7, 11) is 0. The van der Waals surface area contributed by atoms with Gasteiger partial charge in [0, 0.05) is 5.56 Å². The van der Waals surface area contributed by atoms with Gasteiger partial charge in [0.15, 0.2) is 0 Å². The van der Waals surface area contributed by atoms with Crippen LogP contribution in [0.3, 0.4) is 0 Å². The molecule has 1 aliphatic heterocycles. The third kappa shape index (κ3) is 3.18. The minimum atomic E-state index is -0.299. The number of para-hydroxylation sites is 1. The van der Waals surface area contributed by atoms with Crippen molar-refractivity contribution >= 4 is 11.6 Å². The van der Waals surface area contributed by atoms with Crippen molar-refractivity contribution in [1.82, 2.24) is 0 Å². The van der Waals surface area contributed by atoms with Crippen LogP contribution in [0, 0.1) is 5.82 Å². The summed E-state index contributed by atoms with van der Waals surface area (Å²) in [6.45, 7) is 0.767. The van der Waals surface area contributed by atoms with Gasteiger partial charge in [0.2, 0.25) is 5.91 Å². The van der Waals surface area contributed by atoms with Crippen molar-refractivity contribution in [3.63, 3.8) is 0 Å². The Morgan fingerprint density at radius 3 is 2.38 bits per heavy atom. The molecule has 1 heterocycles. The van der Waals surface area contributed by atoms with Crippen LogP contribution in [-0.4, -0.2) is 19.1 Å². The highest BCUT2D eigenvalue weighted by Crippen LogP contribution is 2.36. The van der Waals surface area contributed by atoms with Gasteiger partial charge in [0.1, 0.15) is 18.2 Å². The lowest BCUT2D eigenvalue weighted by Gasteiger charge is -2.23. The van der Waals surface area contributed by atoms with E-state index in [0.29, 0.717) is 25.3 Å². The monoisotopic (exact) mass is 347 g/mol. The first-order chi connectivity index (χ1) is 12.7. The van der Waals surface area contributed by atoms with Crippen molar-refractivity contribution in [1.29, 1.82) is 0 Å². The van der Waals surface area contributed by atoms with E-state index in [1.165, 1.54) is 12.1 Å². The number of rotatable bonds is 4. The van der Waals surface area contributed by atoms with Crippen molar-refractivity contribution in [2.45, 2.75) is 6.42 Å². The van der Waals surface area contributed by atoms with Gasteiger partial charge in [-0.25, -0.2) is 4.39 Å². The number of halogens is 1. The van der Waals surface area contributed by atoms with E-state index < -0.39 is 0 Å². The number of benzene rings is 3. The Kier molecular flexibility index (Phi) is 4.40. The van der Waals surface area contributed by atoms with E-state index in [2.05, 4.69) is 6.07 Å². The highest BCUT2D eigenvalue weighted by Gasteiger charge is 2.25. The second-order valence-electron chi connectivity index (χ2n) is 6.20. The van der Waals surface area contributed by atoms with E-state index in [4.69, 9.17) is 4.74 Å². The van der Waals surface area contributed by atoms with E-state index in [1.807, 2.05) is 42.5 Å². The van der Waals surface area contributed by atoms with Crippen LogP contribution in [0.4, 0.5) is 10.1 Å². The molecule has 1 aliphatic rings. The minimum Gasteiger partial charge on any atom is -0.492 e. The molecule has 4 heteroatoms. The smallest absolute Gasteiger partial charge is 0.231 e. The van der Waals surface area contributed by atoms with Crippen molar-refractivity contribution in [3.05, 3.63) is 84.2 Å². The summed E-state index contributed by atoms with van der Waals surface area (Å²) in [6.07, 6.45) is 0.363. The van der Waals surface area contributed by atoms with Crippen molar-refractivity contribution < 1.29 is 13.9 Å². The number of anilines is 1. The SMILES string of the molecule is O=C1Cc2ccccc2-c2ccccc2N1CCOc1ccc(F)cc1. The number of amides is 1. The van der Waals surface area contributed by atoms with Gasteiger partial charge >= 0.3 is 0 Å². The fourth-order valence-electron chi connectivity index (χ4n) is 3.30. The molecule has 3 aromatic carbocycles. The molecule has 0 fully saturated rings. The van der Waals surface area contributed by atoms with Gasteiger partial charge in [-0.2, -0.15) is 0 Å². The molecule has 4 rings (SSSR count). The molecule has 0 N–H and O–H groups in total. The minimum absolute atomic E-state index is 0.0464. The fraction of sp³-hybridized carbons (Fsp3) is 0.136. The molecular formula is C22H18FNO2. The summed E-state index contributed by atoms with van der Waals surface area (Å²) < 4.78 is 18.7. The molecule has 3 aromatic rings. The van der Waals surface area contributed by atoms with E-state index in [-0.39, 0.29) is 11.7 Å². The van der Waals surface area contributed by atoms with Crippen LogP contribution in [-0.2, 0) is 11.2 Å². The first-order valence-corrected chi connectivity index (χ1v) is 8.58. The molecule has 130 valence electrons. The predicted molar refractivity (Wildman–Crippen MR) is 99.8 cm³/mol. The quantitative estimate of drug-likeness (QED) is 0.697. The van der Waals surface area contributed by atoms with Gasteiger partial charge < -0.3 is 9.64 Å². The molecule has 0 spiro atoms. The maximum Gasteiger partial charge on any atom is 0.231 e. The molecule has 26 heavy (non-hydrogen) atoms. The Hall–Kier alpha value is -3.14. The number of hydrogen-bond acceptors (Lipinski definition) is 2. The van der Waals surface area contributed by atoms with Crippen LogP contribution >= 0.6 is 0 Å². The van der Waals surface area contributed by atoms with Gasteiger partial charge in [-0.3, -0.25) is 4.79 Å². The van der Waals surface area contributed by atoms with E-state index >= 15 is 0 Å². The van der Waals surface area contributed by atoms with Crippen LogP contribution in [0.15, 0.2) is 72.8 Å². The predicted octanol–water partition coefficient (Wildman–Crippen LogP) is 4.46. The summed E-state index contributed by atoms with van der Waals surface area (Å²) >= 11 is 0. The van der Waals surface area contributed by atoms with Crippen LogP contribution in [0.5, 0.6) is 5.75 Å². The maximum absolute atomic E-state index is 13.0. The molecule has 3 nitrogen and oxygen atoms in total. The van der Waals surface area contributed by atoms with Gasteiger partial charge in [0.05, 0.1) is 18.7 Å². The van der Waals surface area contributed by atoms with E-state index in [9.17, 15) is 9.18 Å². The topological polar surface area (TPSA) is 29.5 Å². The first-order valence-electron chi connectivity index (χ1n) is 8.58. The number of fused-ring (bicyclic) bond motifs is 3. The number of nitrogens with zero attached hydrogens (tertiary/aromatic N) is 1. The normalized spacial score (nSPS) is 13.0. The molecule has 0 aromatic heterocycles. The Balaban J connectivity index is 1.58. The third-order valence-corrected chi connectivity index (χ3v) is 4.54. The molecule has 0 radical (unpaired) electrons. The zero-order chi connectivity index (χ0) is 17.9. The molecule has 0 aliphatic carbocycles. The van der Waals surface area contributed by atoms with Gasteiger partial charge in [-0.15, -0.1) is 0 Å². The number of carbonyl (C=O) groups excluding carboxylic acids is 1. The highest BCUT2D eigenvalue weighted by atomic mass is 19.1. The van der Waals surface area contributed by atoms with Gasteiger partial charge in [0.25, 0.3) is 0 Å². The largest absolute Gasteiger partial charge is 0.492 e. The number of carbonyl (C=O) groups is 1. The van der Waals surface area contributed by atoms with E-state index in [0.717, 1.165) is 22.4 Å². The van der Waals surface area contributed by atoms with Crippen LogP contribution < -0.4 is 9.64 Å². The molecule has 0 saturated carbocycles.